The molecule has 0 amide bonds. The third-order valence-electron chi connectivity index (χ3n) is 2.53. The molecule has 0 N–H and O–H groups in total. The highest BCUT2D eigenvalue weighted by Crippen LogP contribution is 2.36. The average molecular weight is 257 g/mol. The molecule has 5 heteroatoms. The van der Waals surface area contributed by atoms with E-state index in [1.165, 1.54) is 19.1 Å². The summed E-state index contributed by atoms with van der Waals surface area (Å²) in [5, 5.41) is 0.308. The number of halogens is 2. The van der Waals surface area contributed by atoms with E-state index in [0.717, 1.165) is 0 Å². The van der Waals surface area contributed by atoms with Crippen molar-refractivity contribution in [3.63, 3.8) is 0 Å². The number of ketones is 3. The maximum atomic E-state index is 11.8. The highest BCUT2D eigenvalue weighted by Gasteiger charge is 2.44. The van der Waals surface area contributed by atoms with E-state index in [9.17, 15) is 14.4 Å². The molecular formula is C11H6Cl2O3. The zero-order chi connectivity index (χ0) is 12.0. The van der Waals surface area contributed by atoms with Crippen molar-refractivity contribution in [2.75, 3.05) is 0 Å². The molecule has 0 radical (unpaired) electrons. The Hall–Kier alpha value is -1.19. The Bertz CT molecular complexity index is 493. The van der Waals surface area contributed by atoms with Crippen LogP contribution in [0.3, 0.4) is 0 Å². The van der Waals surface area contributed by atoms with Gasteiger partial charge in [0.15, 0.2) is 11.6 Å². The van der Waals surface area contributed by atoms with Crippen LogP contribution in [0.1, 0.15) is 27.6 Å². The SMILES string of the molecule is CC(=O)C1C(=O)c2c(Cl)ccc(Cl)c2C1=O. The summed E-state index contributed by atoms with van der Waals surface area (Å²) in [4.78, 5) is 34.9. The fraction of sp³-hybridized carbons (Fsp3) is 0.182. The molecule has 82 valence electrons. The Balaban J connectivity index is 2.73. The van der Waals surface area contributed by atoms with Crippen molar-refractivity contribution < 1.29 is 14.4 Å². The van der Waals surface area contributed by atoms with Crippen molar-refractivity contribution in [1.82, 2.24) is 0 Å². The standard InChI is InChI=1S/C11H6Cl2O3/c1-4(14)7-10(15)8-5(12)2-3-6(13)9(8)11(7)16/h2-3,7H,1H3. The van der Waals surface area contributed by atoms with Gasteiger partial charge in [-0.15, -0.1) is 0 Å². The van der Waals surface area contributed by atoms with Gasteiger partial charge in [-0.25, -0.2) is 0 Å². The molecule has 3 nitrogen and oxygen atoms in total. The molecule has 16 heavy (non-hydrogen) atoms. The number of hydrogen-bond acceptors (Lipinski definition) is 3. The van der Waals surface area contributed by atoms with E-state index in [1.54, 1.807) is 0 Å². The second kappa shape index (κ2) is 3.68. The van der Waals surface area contributed by atoms with Gasteiger partial charge in [0.1, 0.15) is 11.7 Å². The monoisotopic (exact) mass is 256 g/mol. The third kappa shape index (κ3) is 1.39. The van der Waals surface area contributed by atoms with Gasteiger partial charge in [-0.2, -0.15) is 0 Å². The second-order valence-corrected chi connectivity index (χ2v) is 4.37. The number of Topliss-reactive ketones (excluding diaryl/α,β-unsaturated/α-hetero) is 3. The number of carbonyl (C=O) groups is 3. The van der Waals surface area contributed by atoms with E-state index in [0.29, 0.717) is 0 Å². The van der Waals surface area contributed by atoms with E-state index in [1.807, 2.05) is 0 Å². The van der Waals surface area contributed by atoms with Crippen LogP contribution in [0, 0.1) is 5.92 Å². The van der Waals surface area contributed by atoms with E-state index in [2.05, 4.69) is 0 Å². The van der Waals surface area contributed by atoms with E-state index >= 15 is 0 Å². The Morgan fingerprint density at radius 2 is 1.44 bits per heavy atom. The number of hydrogen-bond donors (Lipinski definition) is 0. The van der Waals surface area contributed by atoms with Crippen LogP contribution < -0.4 is 0 Å². The second-order valence-electron chi connectivity index (χ2n) is 3.55. The maximum Gasteiger partial charge on any atom is 0.183 e. The molecular weight excluding hydrogens is 251 g/mol. The van der Waals surface area contributed by atoms with Gasteiger partial charge >= 0.3 is 0 Å². The minimum Gasteiger partial charge on any atom is -0.299 e. The number of benzene rings is 1. The smallest absolute Gasteiger partial charge is 0.183 e. The largest absolute Gasteiger partial charge is 0.299 e. The zero-order valence-electron chi connectivity index (χ0n) is 8.21. The van der Waals surface area contributed by atoms with Crippen molar-refractivity contribution in [2.24, 2.45) is 5.92 Å². The van der Waals surface area contributed by atoms with Crippen LogP contribution in [0.25, 0.3) is 0 Å². The van der Waals surface area contributed by atoms with E-state index < -0.39 is 23.3 Å². The van der Waals surface area contributed by atoms with Gasteiger partial charge in [-0.05, 0) is 19.1 Å². The van der Waals surface area contributed by atoms with Crippen molar-refractivity contribution in [3.8, 4) is 0 Å². The van der Waals surface area contributed by atoms with Crippen LogP contribution in [0.5, 0.6) is 0 Å². The Kier molecular flexibility index (Phi) is 2.60. The summed E-state index contributed by atoms with van der Waals surface area (Å²) in [6.07, 6.45) is 0. The minimum atomic E-state index is -1.27. The predicted octanol–water partition coefficient (Wildman–Crippen LogP) is 2.58. The molecule has 0 aromatic heterocycles. The summed E-state index contributed by atoms with van der Waals surface area (Å²) in [6, 6.07) is 2.88. The molecule has 1 aliphatic carbocycles. The molecule has 1 aromatic carbocycles. The average Bonchev–Trinajstić information content (AvgIpc) is 2.46. The molecule has 1 aliphatic rings. The first-order valence-electron chi connectivity index (χ1n) is 4.52. The van der Waals surface area contributed by atoms with Gasteiger partial charge in [0, 0.05) is 11.1 Å². The molecule has 1 aromatic rings. The highest BCUT2D eigenvalue weighted by atomic mass is 35.5. The molecule has 0 spiro atoms. The highest BCUT2D eigenvalue weighted by molar-refractivity contribution is 6.46. The van der Waals surface area contributed by atoms with Gasteiger partial charge in [-0.1, -0.05) is 23.2 Å². The first-order chi connectivity index (χ1) is 7.45. The predicted molar refractivity (Wildman–Crippen MR) is 59.3 cm³/mol. The van der Waals surface area contributed by atoms with Gasteiger partial charge in [-0.3, -0.25) is 14.4 Å². The molecule has 0 fully saturated rings. The maximum absolute atomic E-state index is 11.8. The Morgan fingerprint density at radius 3 is 1.75 bits per heavy atom. The minimum absolute atomic E-state index is 0.0689. The summed E-state index contributed by atoms with van der Waals surface area (Å²) < 4.78 is 0. The van der Waals surface area contributed by atoms with Crippen LogP contribution >= 0.6 is 23.2 Å². The Labute approximate surface area is 101 Å². The van der Waals surface area contributed by atoms with Gasteiger partial charge in [0.05, 0.1) is 10.0 Å². The molecule has 0 heterocycles. The molecule has 0 saturated carbocycles. The Morgan fingerprint density at radius 1 is 1.06 bits per heavy atom. The quantitative estimate of drug-likeness (QED) is 0.726. The lowest BCUT2D eigenvalue weighted by Crippen LogP contribution is -2.23. The van der Waals surface area contributed by atoms with Crippen molar-refractivity contribution >= 4 is 40.6 Å². The van der Waals surface area contributed by atoms with Crippen molar-refractivity contribution in [1.29, 1.82) is 0 Å². The molecule has 0 unspecified atom stereocenters. The normalized spacial score (nSPS) is 15.4. The zero-order valence-corrected chi connectivity index (χ0v) is 9.72. The van der Waals surface area contributed by atoms with Gasteiger partial charge in [0.2, 0.25) is 0 Å². The molecule has 2 rings (SSSR count). The molecule has 0 saturated heterocycles. The summed E-state index contributed by atoms with van der Waals surface area (Å²) >= 11 is 11.7. The van der Waals surface area contributed by atoms with Crippen LogP contribution in [-0.2, 0) is 4.79 Å². The lowest BCUT2D eigenvalue weighted by molar-refractivity contribution is -0.118. The summed E-state index contributed by atoms with van der Waals surface area (Å²) in [6.45, 7) is 1.20. The van der Waals surface area contributed by atoms with Crippen LogP contribution in [-0.4, -0.2) is 17.3 Å². The fourth-order valence-electron chi connectivity index (χ4n) is 1.81. The lowest BCUT2D eigenvalue weighted by Gasteiger charge is -2.00. The van der Waals surface area contributed by atoms with Crippen molar-refractivity contribution in [2.45, 2.75) is 6.92 Å². The first kappa shape index (κ1) is 11.3. The van der Waals surface area contributed by atoms with Gasteiger partial charge < -0.3 is 0 Å². The van der Waals surface area contributed by atoms with E-state index in [4.69, 9.17) is 23.2 Å². The fourth-order valence-corrected chi connectivity index (χ4v) is 2.31. The number of fused-ring (bicyclic) bond motifs is 1. The van der Waals surface area contributed by atoms with Crippen LogP contribution in [0.4, 0.5) is 0 Å². The summed E-state index contributed by atoms with van der Waals surface area (Å²) in [7, 11) is 0. The van der Waals surface area contributed by atoms with Crippen LogP contribution in [0.2, 0.25) is 10.0 Å². The molecule has 0 bridgehead atoms. The molecule has 0 aliphatic heterocycles. The lowest BCUT2D eigenvalue weighted by atomic mass is 10.00. The van der Waals surface area contributed by atoms with Gasteiger partial charge in [0.25, 0.3) is 0 Å². The number of carbonyl (C=O) groups excluding carboxylic acids is 3. The van der Waals surface area contributed by atoms with E-state index in [-0.39, 0.29) is 21.2 Å². The van der Waals surface area contributed by atoms with Crippen molar-refractivity contribution in [3.05, 3.63) is 33.3 Å². The summed E-state index contributed by atoms with van der Waals surface area (Å²) in [5.41, 5.74) is 0.138. The summed E-state index contributed by atoms with van der Waals surface area (Å²) in [5.74, 6) is -2.87. The first-order valence-corrected chi connectivity index (χ1v) is 5.27. The topological polar surface area (TPSA) is 51.2 Å². The number of rotatable bonds is 1. The van der Waals surface area contributed by atoms with Crippen LogP contribution in [0.15, 0.2) is 12.1 Å². The molecule has 0 atom stereocenters. The third-order valence-corrected chi connectivity index (χ3v) is 3.16.